The minimum Gasteiger partial charge on any atom is -0.478 e. The Bertz CT molecular complexity index is 1380. The molecule has 1 N–H and O–H groups in total. The van der Waals surface area contributed by atoms with Gasteiger partial charge < -0.3 is 19.1 Å². The lowest BCUT2D eigenvalue weighted by molar-refractivity contribution is -0.150. The van der Waals surface area contributed by atoms with Gasteiger partial charge in [-0.2, -0.15) is 5.01 Å². The summed E-state index contributed by atoms with van der Waals surface area (Å²) in [6, 6.07) is 12.9. The molecule has 1 aromatic heterocycles. The van der Waals surface area contributed by atoms with Crippen LogP contribution in [0.5, 0.6) is 0 Å². The Balaban J connectivity index is 1.75. The summed E-state index contributed by atoms with van der Waals surface area (Å²) in [4.78, 5) is 37.2. The number of esters is 1. The summed E-state index contributed by atoms with van der Waals surface area (Å²) in [5.74, 6) is -1.66. The molecule has 4 rings (SSSR count). The SMILES string of the molecule is CCOC1=NN(c2ccc(C(=O)O)cc2)C(=O)/C1=C\c1cn(C(C)C(=O)OC(C)C)c2ccccc12. The molecule has 0 fully saturated rings. The first-order valence-electron chi connectivity index (χ1n) is 11.6. The topological polar surface area (TPSA) is 110 Å². The third-order valence-electron chi connectivity index (χ3n) is 5.67. The number of nitrogens with zero attached hydrogens (tertiary/aromatic N) is 3. The van der Waals surface area contributed by atoms with Gasteiger partial charge in [0.2, 0.25) is 5.90 Å². The third-order valence-corrected chi connectivity index (χ3v) is 5.67. The van der Waals surface area contributed by atoms with Gasteiger partial charge >= 0.3 is 11.9 Å². The van der Waals surface area contributed by atoms with E-state index < -0.39 is 17.9 Å². The van der Waals surface area contributed by atoms with Crippen LogP contribution >= 0.6 is 0 Å². The molecule has 9 heteroatoms. The van der Waals surface area contributed by atoms with Crippen LogP contribution in [-0.4, -0.2) is 46.1 Å². The summed E-state index contributed by atoms with van der Waals surface area (Å²) in [6.45, 7) is 7.47. The number of carbonyl (C=O) groups is 3. The van der Waals surface area contributed by atoms with Gasteiger partial charge in [0.05, 0.1) is 24.0 Å². The summed E-state index contributed by atoms with van der Waals surface area (Å²) < 4.78 is 12.9. The molecule has 0 aliphatic carbocycles. The highest BCUT2D eigenvalue weighted by molar-refractivity contribution is 6.30. The second-order valence-corrected chi connectivity index (χ2v) is 8.54. The Hall–Kier alpha value is -4.40. The molecule has 0 bridgehead atoms. The van der Waals surface area contributed by atoms with Crippen LogP contribution in [0.25, 0.3) is 17.0 Å². The van der Waals surface area contributed by atoms with E-state index in [1.165, 1.54) is 29.3 Å². The second kappa shape index (κ2) is 10.1. The quantitative estimate of drug-likeness (QED) is 0.383. The van der Waals surface area contributed by atoms with Crippen molar-refractivity contribution in [2.45, 2.75) is 39.8 Å². The predicted molar refractivity (Wildman–Crippen MR) is 136 cm³/mol. The van der Waals surface area contributed by atoms with Crippen LogP contribution in [-0.2, 0) is 19.1 Å². The van der Waals surface area contributed by atoms with E-state index in [0.717, 1.165) is 10.9 Å². The summed E-state index contributed by atoms with van der Waals surface area (Å²) in [5.41, 5.74) is 2.30. The van der Waals surface area contributed by atoms with E-state index in [1.807, 2.05) is 35.0 Å². The molecule has 3 aromatic rings. The van der Waals surface area contributed by atoms with Gasteiger partial charge in [-0.1, -0.05) is 18.2 Å². The normalized spacial score (nSPS) is 15.5. The maximum absolute atomic E-state index is 13.4. The number of carbonyl (C=O) groups excluding carboxylic acids is 2. The number of hydrogen-bond donors (Lipinski definition) is 1. The van der Waals surface area contributed by atoms with Gasteiger partial charge in [-0.05, 0) is 64.1 Å². The van der Waals surface area contributed by atoms with Crippen LogP contribution in [0.15, 0.2) is 65.4 Å². The number of fused-ring (bicyclic) bond motifs is 1. The van der Waals surface area contributed by atoms with E-state index in [2.05, 4.69) is 5.10 Å². The van der Waals surface area contributed by atoms with Crippen LogP contribution in [0.2, 0.25) is 0 Å². The standard InChI is InChI=1S/C27H27N3O6/c1-5-35-24-22(25(31)30(28-24)20-12-10-18(11-13-20)26(32)33)14-19-15-29(17(4)27(34)36-16(2)3)23-9-7-6-8-21(19)23/h6-17H,5H2,1-4H3,(H,32,33)/b22-14-. The number of anilines is 1. The van der Waals surface area contributed by atoms with Crippen molar-refractivity contribution in [2.75, 3.05) is 11.6 Å². The molecule has 1 aliphatic heterocycles. The van der Waals surface area contributed by atoms with Gasteiger partial charge in [-0.25, -0.2) is 9.59 Å². The van der Waals surface area contributed by atoms with Crippen molar-refractivity contribution in [2.24, 2.45) is 5.10 Å². The lowest BCUT2D eigenvalue weighted by atomic mass is 10.1. The zero-order valence-electron chi connectivity index (χ0n) is 20.5. The van der Waals surface area contributed by atoms with Crippen LogP contribution in [0.3, 0.4) is 0 Å². The zero-order valence-corrected chi connectivity index (χ0v) is 20.5. The lowest BCUT2D eigenvalue weighted by Crippen LogP contribution is -2.22. The molecule has 1 atom stereocenters. The minimum atomic E-state index is -1.06. The molecule has 2 aromatic carbocycles. The van der Waals surface area contributed by atoms with Gasteiger partial charge in [0, 0.05) is 22.7 Å². The lowest BCUT2D eigenvalue weighted by Gasteiger charge is -2.16. The van der Waals surface area contributed by atoms with Gasteiger partial charge in [0.25, 0.3) is 5.91 Å². The molecule has 36 heavy (non-hydrogen) atoms. The van der Waals surface area contributed by atoms with Crippen molar-refractivity contribution < 1.29 is 29.0 Å². The molecule has 0 saturated heterocycles. The fourth-order valence-electron chi connectivity index (χ4n) is 3.95. The number of aromatic carboxylic acids is 1. The first kappa shape index (κ1) is 24.7. The predicted octanol–water partition coefficient (Wildman–Crippen LogP) is 4.63. The third kappa shape index (κ3) is 4.72. The Morgan fingerprint density at radius 3 is 2.42 bits per heavy atom. The average molecular weight is 490 g/mol. The maximum Gasteiger partial charge on any atom is 0.335 e. The summed E-state index contributed by atoms with van der Waals surface area (Å²) >= 11 is 0. The Morgan fingerprint density at radius 1 is 1.08 bits per heavy atom. The fourth-order valence-corrected chi connectivity index (χ4v) is 3.95. The molecular formula is C27H27N3O6. The van der Waals surface area contributed by atoms with Crippen LogP contribution in [0.1, 0.15) is 49.7 Å². The van der Waals surface area contributed by atoms with Crippen LogP contribution < -0.4 is 5.01 Å². The van der Waals surface area contributed by atoms with Crippen molar-refractivity contribution >= 4 is 46.4 Å². The summed E-state index contributed by atoms with van der Waals surface area (Å²) in [5, 5.41) is 15.5. The van der Waals surface area contributed by atoms with Crippen molar-refractivity contribution in [1.82, 2.24) is 4.57 Å². The van der Waals surface area contributed by atoms with Crippen molar-refractivity contribution in [3.63, 3.8) is 0 Å². The largest absolute Gasteiger partial charge is 0.478 e. The monoisotopic (exact) mass is 489 g/mol. The highest BCUT2D eigenvalue weighted by Crippen LogP contribution is 2.30. The molecule has 2 heterocycles. The van der Waals surface area contributed by atoms with Gasteiger partial charge in [-0.15, -0.1) is 5.10 Å². The molecule has 0 radical (unpaired) electrons. The molecule has 186 valence electrons. The number of aromatic nitrogens is 1. The Morgan fingerprint density at radius 2 is 1.78 bits per heavy atom. The van der Waals surface area contributed by atoms with Gasteiger partial charge in [-0.3, -0.25) is 4.79 Å². The van der Waals surface area contributed by atoms with E-state index >= 15 is 0 Å². The number of ether oxygens (including phenoxy) is 2. The van der Waals surface area contributed by atoms with Gasteiger partial charge in [0.15, 0.2) is 0 Å². The highest BCUT2D eigenvalue weighted by atomic mass is 16.5. The molecule has 0 saturated carbocycles. The van der Waals surface area contributed by atoms with E-state index in [9.17, 15) is 14.4 Å². The molecular weight excluding hydrogens is 462 g/mol. The molecule has 9 nitrogen and oxygen atoms in total. The molecule has 1 unspecified atom stereocenters. The first-order chi connectivity index (χ1) is 17.2. The number of hydrogen-bond acceptors (Lipinski definition) is 6. The number of amides is 1. The zero-order chi connectivity index (χ0) is 26.0. The number of para-hydroxylation sites is 1. The smallest absolute Gasteiger partial charge is 0.335 e. The molecule has 1 amide bonds. The number of benzene rings is 2. The fraction of sp³-hybridized carbons (Fsp3) is 0.259. The Kier molecular flexibility index (Phi) is 6.91. The molecule has 1 aliphatic rings. The van der Waals surface area contributed by atoms with Crippen molar-refractivity contribution in [3.05, 3.63) is 71.4 Å². The number of rotatable bonds is 7. The van der Waals surface area contributed by atoms with E-state index in [1.54, 1.807) is 33.8 Å². The first-order valence-corrected chi connectivity index (χ1v) is 11.6. The van der Waals surface area contributed by atoms with Crippen LogP contribution in [0.4, 0.5) is 5.69 Å². The maximum atomic E-state index is 13.4. The molecule has 0 spiro atoms. The van der Waals surface area contributed by atoms with E-state index in [4.69, 9.17) is 14.6 Å². The summed E-state index contributed by atoms with van der Waals surface area (Å²) in [6.07, 6.45) is 3.27. The number of carboxylic acids is 1. The summed E-state index contributed by atoms with van der Waals surface area (Å²) in [7, 11) is 0. The average Bonchev–Trinajstić information content (AvgIpc) is 3.37. The van der Waals surface area contributed by atoms with Crippen LogP contribution in [0, 0.1) is 0 Å². The van der Waals surface area contributed by atoms with Crippen molar-refractivity contribution in [1.29, 1.82) is 0 Å². The Labute approximate surface area is 208 Å². The second-order valence-electron chi connectivity index (χ2n) is 8.54. The minimum absolute atomic E-state index is 0.105. The number of hydrazone groups is 1. The highest BCUT2D eigenvalue weighted by Gasteiger charge is 2.33. The van der Waals surface area contributed by atoms with E-state index in [0.29, 0.717) is 17.9 Å². The van der Waals surface area contributed by atoms with Gasteiger partial charge in [0.1, 0.15) is 11.6 Å². The van der Waals surface area contributed by atoms with E-state index in [-0.39, 0.29) is 29.1 Å². The van der Waals surface area contributed by atoms with Crippen molar-refractivity contribution in [3.8, 4) is 0 Å². The number of carboxylic acid groups (broad SMARTS) is 1.